The lowest BCUT2D eigenvalue weighted by Gasteiger charge is -2.38. The number of nitrogens with two attached hydrogens (primary N) is 1. The van der Waals surface area contributed by atoms with Crippen LogP contribution < -0.4 is 5.73 Å². The van der Waals surface area contributed by atoms with E-state index in [0.717, 1.165) is 19.4 Å². The van der Waals surface area contributed by atoms with Crippen LogP contribution in [0.5, 0.6) is 0 Å². The van der Waals surface area contributed by atoms with Crippen LogP contribution in [0.25, 0.3) is 0 Å². The third-order valence-corrected chi connectivity index (χ3v) is 3.70. The van der Waals surface area contributed by atoms with Gasteiger partial charge in [0.15, 0.2) is 0 Å². The number of aliphatic hydroxyl groups is 1. The fourth-order valence-corrected chi connectivity index (χ4v) is 2.07. The number of piperidine rings is 1. The van der Waals surface area contributed by atoms with E-state index >= 15 is 0 Å². The Labute approximate surface area is 97.8 Å². The highest BCUT2D eigenvalue weighted by atomic mass is 16.3. The number of likely N-dealkylation sites (tertiary alicyclic amines) is 1. The fraction of sp³-hybridized carbons (Fsp3) is 0.917. The molecule has 1 fully saturated rings. The Morgan fingerprint density at radius 1 is 1.62 bits per heavy atom. The molecule has 3 N–H and O–H groups in total. The van der Waals surface area contributed by atoms with Crippen molar-refractivity contribution in [1.29, 1.82) is 0 Å². The van der Waals surface area contributed by atoms with Crippen LogP contribution in [0.1, 0.15) is 33.6 Å². The fourth-order valence-electron chi connectivity index (χ4n) is 2.07. The molecule has 0 aromatic rings. The maximum atomic E-state index is 11.1. The monoisotopic (exact) mass is 228 g/mol. The first-order chi connectivity index (χ1) is 7.33. The molecule has 0 aliphatic carbocycles. The van der Waals surface area contributed by atoms with E-state index in [1.165, 1.54) is 0 Å². The summed E-state index contributed by atoms with van der Waals surface area (Å²) >= 11 is 0. The van der Waals surface area contributed by atoms with Crippen LogP contribution in [0.4, 0.5) is 0 Å². The van der Waals surface area contributed by atoms with Gasteiger partial charge in [-0.25, -0.2) is 0 Å². The number of hydrogen-bond acceptors (Lipinski definition) is 3. The molecule has 4 heteroatoms. The average molecular weight is 228 g/mol. The summed E-state index contributed by atoms with van der Waals surface area (Å²) in [6.07, 6.45) is 1.87. The van der Waals surface area contributed by atoms with Gasteiger partial charge in [-0.2, -0.15) is 0 Å². The Morgan fingerprint density at radius 3 is 2.75 bits per heavy atom. The molecule has 1 heterocycles. The second kappa shape index (κ2) is 5.15. The van der Waals surface area contributed by atoms with E-state index in [2.05, 4.69) is 4.90 Å². The molecular formula is C12H24N2O2. The van der Waals surface area contributed by atoms with E-state index in [-0.39, 0.29) is 17.7 Å². The van der Waals surface area contributed by atoms with Crippen LogP contribution >= 0.6 is 0 Å². The van der Waals surface area contributed by atoms with Gasteiger partial charge >= 0.3 is 0 Å². The lowest BCUT2D eigenvalue weighted by molar-refractivity contribution is -0.124. The van der Waals surface area contributed by atoms with Crippen LogP contribution in [0.15, 0.2) is 0 Å². The number of carbonyl (C=O) groups is 1. The Morgan fingerprint density at radius 2 is 2.25 bits per heavy atom. The molecule has 1 saturated heterocycles. The topological polar surface area (TPSA) is 66.6 Å². The van der Waals surface area contributed by atoms with Gasteiger partial charge in [-0.15, -0.1) is 0 Å². The summed E-state index contributed by atoms with van der Waals surface area (Å²) in [6, 6.07) is 0. The highest BCUT2D eigenvalue weighted by Crippen LogP contribution is 2.22. The van der Waals surface area contributed by atoms with Gasteiger partial charge in [0.1, 0.15) is 0 Å². The normalized spacial score (nSPS) is 26.7. The molecule has 0 saturated carbocycles. The van der Waals surface area contributed by atoms with Crippen molar-refractivity contribution in [2.24, 2.45) is 17.6 Å². The van der Waals surface area contributed by atoms with Crippen molar-refractivity contribution in [2.45, 2.75) is 39.2 Å². The summed E-state index contributed by atoms with van der Waals surface area (Å²) in [5.41, 5.74) is 4.63. The molecule has 0 spiro atoms. The summed E-state index contributed by atoms with van der Waals surface area (Å²) < 4.78 is 0. The van der Waals surface area contributed by atoms with E-state index in [1.807, 2.05) is 20.8 Å². The molecule has 0 aromatic heterocycles. The predicted molar refractivity (Wildman–Crippen MR) is 63.8 cm³/mol. The van der Waals surface area contributed by atoms with Crippen LogP contribution in [-0.4, -0.2) is 41.1 Å². The largest absolute Gasteiger partial charge is 0.389 e. The van der Waals surface area contributed by atoms with Gasteiger partial charge in [0.25, 0.3) is 0 Å². The molecule has 1 aliphatic heterocycles. The third-order valence-electron chi connectivity index (χ3n) is 3.70. The lowest BCUT2D eigenvalue weighted by Crippen LogP contribution is -2.49. The van der Waals surface area contributed by atoms with Gasteiger partial charge in [0.2, 0.25) is 5.91 Å². The molecule has 0 bridgehead atoms. The molecule has 1 amide bonds. The minimum Gasteiger partial charge on any atom is -0.389 e. The number of amides is 1. The molecule has 94 valence electrons. The lowest BCUT2D eigenvalue weighted by atomic mass is 9.90. The molecule has 1 aliphatic rings. The van der Waals surface area contributed by atoms with Crippen molar-refractivity contribution in [1.82, 2.24) is 4.90 Å². The van der Waals surface area contributed by atoms with Gasteiger partial charge in [-0.1, -0.05) is 13.8 Å². The molecule has 4 nitrogen and oxygen atoms in total. The Bertz CT molecular complexity index is 251. The number of β-amino-alcohol motifs (C(OH)–C–C–N with tert-alkyl or cyclic N) is 1. The number of carbonyl (C=O) groups excluding carboxylic acids is 1. The van der Waals surface area contributed by atoms with E-state index in [0.29, 0.717) is 13.1 Å². The van der Waals surface area contributed by atoms with Gasteiger partial charge in [-0.3, -0.25) is 9.69 Å². The molecule has 1 rings (SSSR count). The first-order valence-electron chi connectivity index (χ1n) is 6.07. The van der Waals surface area contributed by atoms with E-state index < -0.39 is 5.60 Å². The quantitative estimate of drug-likeness (QED) is 0.740. The van der Waals surface area contributed by atoms with E-state index in [9.17, 15) is 9.90 Å². The van der Waals surface area contributed by atoms with Crippen LogP contribution in [0, 0.1) is 11.8 Å². The van der Waals surface area contributed by atoms with Gasteiger partial charge in [0, 0.05) is 13.1 Å². The number of hydrogen-bond donors (Lipinski definition) is 2. The highest BCUT2D eigenvalue weighted by molar-refractivity contribution is 5.76. The molecule has 0 radical (unpaired) electrons. The van der Waals surface area contributed by atoms with Crippen LogP contribution in [0.2, 0.25) is 0 Å². The first kappa shape index (κ1) is 13.5. The molecular weight excluding hydrogens is 204 g/mol. The van der Waals surface area contributed by atoms with Crippen molar-refractivity contribution in [2.75, 3.05) is 19.6 Å². The van der Waals surface area contributed by atoms with E-state index in [1.54, 1.807) is 0 Å². The number of nitrogens with zero attached hydrogens (tertiary/aromatic N) is 1. The second-order valence-electron chi connectivity index (χ2n) is 5.49. The molecule has 16 heavy (non-hydrogen) atoms. The van der Waals surface area contributed by atoms with Crippen molar-refractivity contribution in [3.8, 4) is 0 Å². The van der Waals surface area contributed by atoms with Crippen molar-refractivity contribution in [3.05, 3.63) is 0 Å². The zero-order chi connectivity index (χ0) is 12.3. The molecule has 0 aromatic carbocycles. The maximum absolute atomic E-state index is 11.1. The van der Waals surface area contributed by atoms with Crippen molar-refractivity contribution >= 4 is 5.91 Å². The minimum atomic E-state index is -0.695. The third kappa shape index (κ3) is 3.46. The Balaban J connectivity index is 2.52. The van der Waals surface area contributed by atoms with Gasteiger partial charge in [0.05, 0.1) is 11.5 Å². The number of rotatable bonds is 4. The summed E-state index contributed by atoms with van der Waals surface area (Å²) in [5.74, 6) is -0.0490. The van der Waals surface area contributed by atoms with Crippen molar-refractivity contribution < 1.29 is 9.90 Å². The summed E-state index contributed by atoms with van der Waals surface area (Å²) in [7, 11) is 0. The summed E-state index contributed by atoms with van der Waals surface area (Å²) in [5, 5.41) is 10.2. The second-order valence-corrected chi connectivity index (χ2v) is 5.49. The minimum absolute atomic E-state index is 0.0447. The SMILES string of the molecule is CC(C)C(C)(O)CN1CCCC(C(N)=O)C1. The summed E-state index contributed by atoms with van der Waals surface area (Å²) in [6.45, 7) is 8.13. The summed E-state index contributed by atoms with van der Waals surface area (Å²) in [4.78, 5) is 13.3. The highest BCUT2D eigenvalue weighted by Gasteiger charge is 2.31. The first-order valence-corrected chi connectivity index (χ1v) is 6.07. The van der Waals surface area contributed by atoms with Crippen molar-refractivity contribution in [3.63, 3.8) is 0 Å². The van der Waals surface area contributed by atoms with E-state index in [4.69, 9.17) is 5.73 Å². The number of primary amides is 1. The Kier molecular flexibility index (Phi) is 4.33. The zero-order valence-corrected chi connectivity index (χ0v) is 10.6. The zero-order valence-electron chi connectivity index (χ0n) is 10.6. The average Bonchev–Trinajstić information content (AvgIpc) is 2.17. The molecule has 2 atom stereocenters. The maximum Gasteiger partial charge on any atom is 0.221 e. The van der Waals surface area contributed by atoms with Crippen LogP contribution in [-0.2, 0) is 4.79 Å². The predicted octanol–water partition coefficient (Wildman–Crippen LogP) is 0.591. The van der Waals surface area contributed by atoms with Crippen LogP contribution in [0.3, 0.4) is 0 Å². The standard InChI is InChI=1S/C12H24N2O2/c1-9(2)12(3,16)8-14-6-4-5-10(7-14)11(13)15/h9-10,16H,4-8H2,1-3H3,(H2,13,15). The van der Waals surface area contributed by atoms with Gasteiger partial charge < -0.3 is 10.8 Å². The smallest absolute Gasteiger partial charge is 0.221 e. The molecule has 2 unspecified atom stereocenters. The Hall–Kier alpha value is -0.610. The van der Waals surface area contributed by atoms with Gasteiger partial charge in [-0.05, 0) is 32.2 Å².